The first-order chi connectivity index (χ1) is 12.8. The largest absolute Gasteiger partial charge is 0.492 e. The second kappa shape index (κ2) is 7.98. The number of sulfone groups is 1. The fourth-order valence-electron chi connectivity index (χ4n) is 2.62. The van der Waals surface area contributed by atoms with E-state index in [1.54, 1.807) is 0 Å². The zero-order valence-corrected chi connectivity index (χ0v) is 16.2. The lowest BCUT2D eigenvalue weighted by Crippen LogP contribution is -2.28. The Bertz CT molecular complexity index is 1100. The van der Waals surface area contributed by atoms with Gasteiger partial charge >= 0.3 is 0 Å². The fourth-order valence-corrected chi connectivity index (χ4v) is 3.92. The van der Waals surface area contributed by atoms with Crippen molar-refractivity contribution in [2.45, 2.75) is 4.90 Å². The van der Waals surface area contributed by atoms with E-state index in [9.17, 15) is 13.2 Å². The standard InChI is InChI=1S/C20H18ClNO4S/c1-27(24,25)19-13-16(7-9-18(19)21)20(23)22-10-11-26-17-8-6-14-4-2-3-5-15(14)12-17/h2-9,12-13H,10-11H2,1H3,(H,22,23). The van der Waals surface area contributed by atoms with Gasteiger partial charge in [-0.05, 0) is 41.1 Å². The molecule has 1 N–H and O–H groups in total. The van der Waals surface area contributed by atoms with Crippen LogP contribution in [-0.4, -0.2) is 33.7 Å². The topological polar surface area (TPSA) is 72.5 Å². The van der Waals surface area contributed by atoms with Crippen LogP contribution >= 0.6 is 11.6 Å². The van der Waals surface area contributed by atoms with E-state index < -0.39 is 15.7 Å². The van der Waals surface area contributed by atoms with Gasteiger partial charge < -0.3 is 10.1 Å². The molecule has 27 heavy (non-hydrogen) atoms. The first-order valence-electron chi connectivity index (χ1n) is 8.24. The third-order valence-corrected chi connectivity index (χ3v) is 5.55. The summed E-state index contributed by atoms with van der Waals surface area (Å²) in [7, 11) is -3.51. The fraction of sp³-hybridized carbons (Fsp3) is 0.150. The lowest BCUT2D eigenvalue weighted by molar-refractivity contribution is 0.0947. The van der Waals surface area contributed by atoms with Gasteiger partial charge in [0, 0.05) is 11.8 Å². The van der Waals surface area contributed by atoms with Crippen molar-refractivity contribution in [3.05, 3.63) is 71.2 Å². The summed E-state index contributed by atoms with van der Waals surface area (Å²) in [6, 6.07) is 17.9. The van der Waals surface area contributed by atoms with Crippen LogP contribution < -0.4 is 10.1 Å². The van der Waals surface area contributed by atoms with Crippen molar-refractivity contribution in [1.29, 1.82) is 0 Å². The summed E-state index contributed by atoms with van der Waals surface area (Å²) < 4.78 is 29.1. The molecule has 0 spiro atoms. The summed E-state index contributed by atoms with van der Waals surface area (Å²) >= 11 is 5.89. The molecule has 0 radical (unpaired) electrons. The quantitative estimate of drug-likeness (QED) is 0.637. The predicted molar refractivity (Wildman–Crippen MR) is 106 cm³/mol. The van der Waals surface area contributed by atoms with Gasteiger partial charge in [-0.1, -0.05) is 41.9 Å². The maximum atomic E-state index is 12.2. The summed E-state index contributed by atoms with van der Waals surface area (Å²) in [6.45, 7) is 0.569. The lowest BCUT2D eigenvalue weighted by Gasteiger charge is -2.10. The molecule has 0 unspecified atom stereocenters. The Hall–Kier alpha value is -2.57. The number of fused-ring (bicyclic) bond motifs is 1. The van der Waals surface area contributed by atoms with Gasteiger partial charge in [0.25, 0.3) is 5.91 Å². The monoisotopic (exact) mass is 403 g/mol. The molecular weight excluding hydrogens is 386 g/mol. The average molecular weight is 404 g/mol. The van der Waals surface area contributed by atoms with Gasteiger partial charge in [-0.25, -0.2) is 8.42 Å². The number of carbonyl (C=O) groups is 1. The summed E-state index contributed by atoms with van der Waals surface area (Å²) in [5, 5.41) is 5.00. The number of hydrogen-bond donors (Lipinski definition) is 1. The molecule has 0 fully saturated rings. The molecular formula is C20H18ClNO4S. The van der Waals surface area contributed by atoms with Crippen LogP contribution in [0.2, 0.25) is 5.02 Å². The summed E-state index contributed by atoms with van der Waals surface area (Å²) in [4.78, 5) is 12.2. The van der Waals surface area contributed by atoms with Gasteiger partial charge in [0.2, 0.25) is 0 Å². The van der Waals surface area contributed by atoms with E-state index in [0.29, 0.717) is 5.75 Å². The molecule has 0 aliphatic carbocycles. The highest BCUT2D eigenvalue weighted by atomic mass is 35.5. The van der Waals surface area contributed by atoms with E-state index >= 15 is 0 Å². The molecule has 1 amide bonds. The van der Waals surface area contributed by atoms with E-state index in [4.69, 9.17) is 16.3 Å². The minimum absolute atomic E-state index is 0.0655. The predicted octanol–water partition coefficient (Wildman–Crippen LogP) is 3.71. The Morgan fingerprint density at radius 1 is 1.04 bits per heavy atom. The van der Waals surface area contributed by atoms with E-state index in [1.165, 1.54) is 18.2 Å². The van der Waals surface area contributed by atoms with Crippen molar-refractivity contribution >= 4 is 38.1 Å². The van der Waals surface area contributed by atoms with Crippen molar-refractivity contribution in [3.8, 4) is 5.75 Å². The van der Waals surface area contributed by atoms with Gasteiger partial charge in [-0.3, -0.25) is 4.79 Å². The van der Waals surface area contributed by atoms with Crippen molar-refractivity contribution in [2.24, 2.45) is 0 Å². The van der Waals surface area contributed by atoms with Gasteiger partial charge in [0.15, 0.2) is 9.84 Å². The number of carbonyl (C=O) groups excluding carboxylic acids is 1. The zero-order valence-electron chi connectivity index (χ0n) is 14.6. The molecule has 140 valence electrons. The van der Waals surface area contributed by atoms with E-state index in [-0.39, 0.29) is 28.6 Å². The Labute approximate surface area is 162 Å². The maximum Gasteiger partial charge on any atom is 0.251 e. The summed E-state index contributed by atoms with van der Waals surface area (Å²) in [5.74, 6) is 0.326. The second-order valence-corrected chi connectivity index (χ2v) is 8.42. The molecule has 0 aromatic heterocycles. The van der Waals surface area contributed by atoms with Gasteiger partial charge in [-0.2, -0.15) is 0 Å². The van der Waals surface area contributed by atoms with Gasteiger partial charge in [-0.15, -0.1) is 0 Å². The van der Waals surface area contributed by atoms with E-state index in [2.05, 4.69) is 5.32 Å². The van der Waals surface area contributed by atoms with Crippen LogP contribution in [0.5, 0.6) is 5.75 Å². The molecule has 0 heterocycles. The molecule has 0 bridgehead atoms. The summed E-state index contributed by atoms with van der Waals surface area (Å²) in [6.07, 6.45) is 1.05. The average Bonchev–Trinajstić information content (AvgIpc) is 2.64. The molecule has 0 saturated carbocycles. The molecule has 0 aliphatic heterocycles. The van der Waals surface area contributed by atoms with Crippen molar-refractivity contribution in [2.75, 3.05) is 19.4 Å². The maximum absolute atomic E-state index is 12.2. The minimum atomic E-state index is -3.51. The minimum Gasteiger partial charge on any atom is -0.492 e. The van der Waals surface area contributed by atoms with Crippen LogP contribution in [0.25, 0.3) is 10.8 Å². The molecule has 3 rings (SSSR count). The number of rotatable bonds is 6. The number of halogens is 1. The molecule has 3 aromatic carbocycles. The number of hydrogen-bond acceptors (Lipinski definition) is 4. The molecule has 0 saturated heterocycles. The van der Waals surface area contributed by atoms with Gasteiger partial charge in [0.05, 0.1) is 16.5 Å². The van der Waals surface area contributed by atoms with Crippen molar-refractivity contribution in [3.63, 3.8) is 0 Å². The lowest BCUT2D eigenvalue weighted by atomic mass is 10.1. The first-order valence-corrected chi connectivity index (χ1v) is 10.5. The van der Waals surface area contributed by atoms with E-state index in [0.717, 1.165) is 17.0 Å². The molecule has 5 nitrogen and oxygen atoms in total. The highest BCUT2D eigenvalue weighted by Crippen LogP contribution is 2.23. The second-order valence-electron chi connectivity index (χ2n) is 6.03. The number of nitrogens with one attached hydrogen (secondary N) is 1. The molecule has 7 heteroatoms. The third kappa shape index (κ3) is 4.78. The Balaban J connectivity index is 1.58. The number of ether oxygens (including phenoxy) is 1. The molecule has 0 aliphatic rings. The van der Waals surface area contributed by atoms with Crippen LogP contribution in [0.4, 0.5) is 0 Å². The van der Waals surface area contributed by atoms with Crippen LogP contribution in [0.1, 0.15) is 10.4 Å². The highest BCUT2D eigenvalue weighted by Gasteiger charge is 2.15. The van der Waals surface area contributed by atoms with Gasteiger partial charge in [0.1, 0.15) is 12.4 Å². The van der Waals surface area contributed by atoms with Crippen LogP contribution in [-0.2, 0) is 9.84 Å². The van der Waals surface area contributed by atoms with Crippen LogP contribution in [0, 0.1) is 0 Å². The molecule has 3 aromatic rings. The van der Waals surface area contributed by atoms with Crippen molar-refractivity contribution in [1.82, 2.24) is 5.32 Å². The first kappa shape index (κ1) is 19.2. The Morgan fingerprint density at radius 2 is 1.78 bits per heavy atom. The van der Waals surface area contributed by atoms with Crippen molar-refractivity contribution < 1.29 is 17.9 Å². The highest BCUT2D eigenvalue weighted by molar-refractivity contribution is 7.90. The number of benzene rings is 3. The normalized spacial score (nSPS) is 11.3. The molecule has 0 atom stereocenters. The zero-order chi connectivity index (χ0) is 19.4. The summed E-state index contributed by atoms with van der Waals surface area (Å²) in [5.41, 5.74) is 0.227. The number of amides is 1. The van der Waals surface area contributed by atoms with E-state index in [1.807, 2.05) is 42.5 Å². The van der Waals surface area contributed by atoms with Crippen LogP contribution in [0.3, 0.4) is 0 Å². The Kier molecular flexibility index (Phi) is 5.68. The smallest absolute Gasteiger partial charge is 0.251 e. The third-order valence-electron chi connectivity index (χ3n) is 3.97. The SMILES string of the molecule is CS(=O)(=O)c1cc(C(=O)NCCOc2ccc3ccccc3c2)ccc1Cl. The Morgan fingerprint density at radius 3 is 2.52 bits per heavy atom. The van der Waals surface area contributed by atoms with Crippen LogP contribution in [0.15, 0.2) is 65.6 Å².